The Labute approximate surface area is 126 Å². The van der Waals surface area contributed by atoms with E-state index in [2.05, 4.69) is 10.0 Å². The number of sulfonamides is 1. The lowest BCUT2D eigenvalue weighted by Gasteiger charge is -2.19. The molecule has 2 N–H and O–H groups in total. The zero-order valence-electron chi connectivity index (χ0n) is 11.6. The third-order valence-electron chi connectivity index (χ3n) is 3.42. The van der Waals surface area contributed by atoms with E-state index in [-0.39, 0.29) is 11.8 Å². The van der Waals surface area contributed by atoms with Crippen LogP contribution in [0.25, 0.3) is 0 Å². The van der Waals surface area contributed by atoms with Crippen molar-refractivity contribution >= 4 is 21.6 Å². The van der Waals surface area contributed by atoms with Gasteiger partial charge in [0.25, 0.3) is 0 Å². The first-order valence-corrected chi connectivity index (χ1v) is 9.01. The van der Waals surface area contributed by atoms with Crippen molar-refractivity contribution in [1.82, 2.24) is 10.0 Å². The Morgan fingerprint density at radius 2 is 1.95 bits per heavy atom. The van der Waals surface area contributed by atoms with E-state index < -0.39 is 10.0 Å². The quantitative estimate of drug-likeness (QED) is 0.774. The normalized spacial score (nSPS) is 17.1. The second-order valence-corrected chi connectivity index (χ2v) is 7.50. The fourth-order valence-corrected chi connectivity index (χ4v) is 3.39. The molecule has 0 aromatic heterocycles. The molecule has 1 aromatic rings. The lowest BCUT2D eigenvalue weighted by atomic mass is 10.0. The molecule has 1 aliphatic rings. The van der Waals surface area contributed by atoms with Crippen molar-refractivity contribution in [2.75, 3.05) is 18.8 Å². The standard InChI is InChI=1S/C14H21ClN2O2S/c1-2-17-20(18,19)10-9-16-14(11-3-4-11)12-5-7-13(15)8-6-12/h5-8,11,14,16-17H,2-4,9-10H2,1H3. The van der Waals surface area contributed by atoms with E-state index in [0.717, 1.165) is 5.02 Å². The van der Waals surface area contributed by atoms with Gasteiger partial charge in [-0.3, -0.25) is 0 Å². The Morgan fingerprint density at radius 3 is 2.50 bits per heavy atom. The minimum atomic E-state index is -3.16. The molecular weight excluding hydrogens is 296 g/mol. The summed E-state index contributed by atoms with van der Waals surface area (Å²) in [4.78, 5) is 0. The van der Waals surface area contributed by atoms with Gasteiger partial charge in [0.1, 0.15) is 0 Å². The van der Waals surface area contributed by atoms with Crippen molar-refractivity contribution in [3.8, 4) is 0 Å². The first-order chi connectivity index (χ1) is 9.52. The highest BCUT2D eigenvalue weighted by molar-refractivity contribution is 7.89. The summed E-state index contributed by atoms with van der Waals surface area (Å²) in [5, 5.41) is 4.09. The number of halogens is 1. The molecule has 112 valence electrons. The fraction of sp³-hybridized carbons (Fsp3) is 0.571. The Hall–Kier alpha value is -0.620. The molecule has 20 heavy (non-hydrogen) atoms. The van der Waals surface area contributed by atoms with Crippen LogP contribution in [0.4, 0.5) is 0 Å². The maximum Gasteiger partial charge on any atom is 0.212 e. The number of nitrogens with one attached hydrogen (secondary N) is 2. The van der Waals surface area contributed by atoms with Crippen LogP contribution in [0.3, 0.4) is 0 Å². The van der Waals surface area contributed by atoms with E-state index in [0.29, 0.717) is 19.0 Å². The van der Waals surface area contributed by atoms with E-state index in [1.54, 1.807) is 6.92 Å². The molecule has 0 spiro atoms. The van der Waals surface area contributed by atoms with E-state index in [1.807, 2.05) is 24.3 Å². The average Bonchev–Trinajstić information content (AvgIpc) is 3.20. The molecule has 0 bridgehead atoms. The monoisotopic (exact) mass is 316 g/mol. The number of benzene rings is 1. The summed E-state index contributed by atoms with van der Waals surface area (Å²) < 4.78 is 25.7. The zero-order valence-corrected chi connectivity index (χ0v) is 13.2. The van der Waals surface area contributed by atoms with E-state index in [9.17, 15) is 8.42 Å². The lowest BCUT2D eigenvalue weighted by molar-refractivity contribution is 0.493. The molecule has 1 saturated carbocycles. The van der Waals surface area contributed by atoms with Gasteiger partial charge in [-0.2, -0.15) is 0 Å². The number of hydrogen-bond acceptors (Lipinski definition) is 3. The Balaban J connectivity index is 1.92. The van der Waals surface area contributed by atoms with Crippen LogP contribution in [0.5, 0.6) is 0 Å². The third kappa shape index (κ3) is 4.74. The molecule has 2 rings (SSSR count). The first-order valence-electron chi connectivity index (χ1n) is 6.98. The summed E-state index contributed by atoms with van der Waals surface area (Å²) in [6, 6.07) is 8.00. The van der Waals surface area contributed by atoms with Gasteiger partial charge in [-0.25, -0.2) is 13.1 Å². The van der Waals surface area contributed by atoms with E-state index >= 15 is 0 Å². The summed E-state index contributed by atoms with van der Waals surface area (Å²) in [7, 11) is -3.16. The first kappa shape index (κ1) is 15.8. The molecule has 1 aliphatic carbocycles. The average molecular weight is 317 g/mol. The topological polar surface area (TPSA) is 58.2 Å². The van der Waals surface area contributed by atoms with Crippen LogP contribution in [-0.2, 0) is 10.0 Å². The molecule has 1 fully saturated rings. The van der Waals surface area contributed by atoms with Crippen LogP contribution in [0.2, 0.25) is 5.02 Å². The van der Waals surface area contributed by atoms with Crippen molar-refractivity contribution in [3.05, 3.63) is 34.9 Å². The molecule has 0 amide bonds. The Bertz CT molecular complexity index is 527. The molecule has 0 saturated heterocycles. The Morgan fingerprint density at radius 1 is 1.30 bits per heavy atom. The molecule has 4 nitrogen and oxygen atoms in total. The van der Waals surface area contributed by atoms with Crippen LogP contribution >= 0.6 is 11.6 Å². The van der Waals surface area contributed by atoms with Crippen molar-refractivity contribution in [2.24, 2.45) is 5.92 Å². The summed E-state index contributed by atoms with van der Waals surface area (Å²) >= 11 is 5.90. The van der Waals surface area contributed by atoms with Crippen LogP contribution < -0.4 is 10.0 Å². The smallest absolute Gasteiger partial charge is 0.212 e. The minimum absolute atomic E-state index is 0.109. The van der Waals surface area contributed by atoms with Crippen molar-refractivity contribution in [2.45, 2.75) is 25.8 Å². The van der Waals surface area contributed by atoms with Gasteiger partial charge in [0.2, 0.25) is 10.0 Å². The predicted octanol–water partition coefficient (Wildman–Crippen LogP) is 2.32. The molecule has 0 aliphatic heterocycles. The Kier molecular flexibility index (Phi) is 5.43. The molecule has 6 heteroatoms. The summed E-state index contributed by atoms with van der Waals surface area (Å²) in [6.45, 7) is 2.68. The van der Waals surface area contributed by atoms with Crippen LogP contribution in [0, 0.1) is 5.92 Å². The van der Waals surface area contributed by atoms with Gasteiger partial charge in [-0.15, -0.1) is 0 Å². The summed E-state index contributed by atoms with van der Waals surface area (Å²) in [5.74, 6) is 0.718. The van der Waals surface area contributed by atoms with E-state index in [4.69, 9.17) is 11.6 Å². The SMILES string of the molecule is CCNS(=O)(=O)CCNC(c1ccc(Cl)cc1)C1CC1. The maximum atomic E-state index is 11.6. The van der Waals surface area contributed by atoms with Gasteiger partial charge in [0.15, 0.2) is 0 Å². The molecule has 1 atom stereocenters. The molecule has 1 unspecified atom stereocenters. The van der Waals surface area contributed by atoms with Gasteiger partial charge in [0, 0.05) is 24.2 Å². The van der Waals surface area contributed by atoms with Crippen LogP contribution in [-0.4, -0.2) is 27.3 Å². The molecule has 0 heterocycles. The zero-order chi connectivity index (χ0) is 14.6. The van der Waals surface area contributed by atoms with Gasteiger partial charge < -0.3 is 5.32 Å². The van der Waals surface area contributed by atoms with Crippen molar-refractivity contribution in [3.63, 3.8) is 0 Å². The minimum Gasteiger partial charge on any atom is -0.309 e. The van der Waals surface area contributed by atoms with Gasteiger partial charge in [0.05, 0.1) is 5.75 Å². The molecule has 0 radical (unpaired) electrons. The largest absolute Gasteiger partial charge is 0.309 e. The van der Waals surface area contributed by atoms with Gasteiger partial charge in [-0.1, -0.05) is 30.7 Å². The second kappa shape index (κ2) is 6.89. The van der Waals surface area contributed by atoms with Crippen molar-refractivity contribution < 1.29 is 8.42 Å². The number of rotatable bonds is 8. The van der Waals surface area contributed by atoms with Crippen molar-refractivity contribution in [1.29, 1.82) is 0 Å². The molecular formula is C14H21ClN2O2S. The van der Waals surface area contributed by atoms with Gasteiger partial charge >= 0.3 is 0 Å². The third-order valence-corrected chi connectivity index (χ3v) is 5.14. The number of hydrogen-bond donors (Lipinski definition) is 2. The van der Waals surface area contributed by atoms with Gasteiger partial charge in [-0.05, 0) is 36.5 Å². The highest BCUT2D eigenvalue weighted by Crippen LogP contribution is 2.41. The van der Waals surface area contributed by atoms with Crippen LogP contribution in [0.1, 0.15) is 31.4 Å². The van der Waals surface area contributed by atoms with E-state index in [1.165, 1.54) is 18.4 Å². The lowest BCUT2D eigenvalue weighted by Crippen LogP contribution is -2.34. The summed E-state index contributed by atoms with van der Waals surface area (Å²) in [5.41, 5.74) is 1.18. The maximum absolute atomic E-state index is 11.6. The second-order valence-electron chi connectivity index (χ2n) is 5.14. The van der Waals surface area contributed by atoms with Crippen LogP contribution in [0.15, 0.2) is 24.3 Å². The predicted molar refractivity (Wildman–Crippen MR) is 82.4 cm³/mol. The highest BCUT2D eigenvalue weighted by Gasteiger charge is 2.32. The highest BCUT2D eigenvalue weighted by atomic mass is 35.5. The molecule has 1 aromatic carbocycles. The fourth-order valence-electron chi connectivity index (χ4n) is 2.30. The summed E-state index contributed by atoms with van der Waals surface area (Å²) in [6.07, 6.45) is 2.39.